The normalized spacial score (nSPS) is 28.4. The van der Waals surface area contributed by atoms with Crippen molar-refractivity contribution < 1.29 is 19.7 Å². The van der Waals surface area contributed by atoms with Gasteiger partial charge in [-0.05, 0) is 33.3 Å². The van der Waals surface area contributed by atoms with Gasteiger partial charge in [0.2, 0.25) is 0 Å². The zero-order valence-corrected chi connectivity index (χ0v) is 10.8. The molecule has 0 amide bonds. The molecule has 1 aliphatic carbocycles. The minimum atomic E-state index is -0.923. The third-order valence-corrected chi connectivity index (χ3v) is 2.58. The van der Waals surface area contributed by atoms with Crippen LogP contribution in [0.4, 0.5) is 0 Å². The summed E-state index contributed by atoms with van der Waals surface area (Å²) in [5.74, 6) is -1.63. The van der Waals surface area contributed by atoms with Crippen molar-refractivity contribution in [2.24, 2.45) is 5.92 Å². The number of carboxylic acids is 1. The van der Waals surface area contributed by atoms with Crippen molar-refractivity contribution in [1.29, 1.82) is 0 Å². The van der Waals surface area contributed by atoms with E-state index in [0.29, 0.717) is 6.42 Å². The Morgan fingerprint density at radius 2 is 2.06 bits per heavy atom. The van der Waals surface area contributed by atoms with Gasteiger partial charge in [-0.2, -0.15) is 0 Å². The van der Waals surface area contributed by atoms with Crippen LogP contribution in [0.25, 0.3) is 0 Å². The lowest BCUT2D eigenvalue weighted by Crippen LogP contribution is -2.44. The fraction of sp³-hybridized carbons (Fsp3) is 0.615. The Morgan fingerprint density at radius 3 is 2.53 bits per heavy atom. The van der Waals surface area contributed by atoms with E-state index in [0.717, 1.165) is 0 Å². The minimum absolute atomic E-state index is 0.472. The van der Waals surface area contributed by atoms with Gasteiger partial charge >= 0.3 is 5.97 Å². The summed E-state index contributed by atoms with van der Waals surface area (Å²) in [6, 6.07) is 0. The smallest absolute Gasteiger partial charge is 0.313 e. The molecule has 1 aliphatic rings. The van der Waals surface area contributed by atoms with Gasteiger partial charge in [-0.15, -0.1) is 0 Å². The van der Waals surface area contributed by atoms with Gasteiger partial charge in [0, 0.05) is 0 Å². The topological polar surface area (TPSA) is 55.8 Å². The predicted molar refractivity (Wildman–Crippen MR) is 64.4 cm³/mol. The summed E-state index contributed by atoms with van der Waals surface area (Å²) in [7, 11) is 0. The van der Waals surface area contributed by atoms with Crippen molar-refractivity contribution >= 4 is 5.97 Å². The van der Waals surface area contributed by atoms with Crippen LogP contribution in [-0.2, 0) is 14.6 Å². The molecule has 2 atom stereocenters. The first-order valence-corrected chi connectivity index (χ1v) is 5.76. The summed E-state index contributed by atoms with van der Waals surface area (Å²) in [5.41, 5.74) is -1.39. The maximum atomic E-state index is 11.2. The van der Waals surface area contributed by atoms with Crippen molar-refractivity contribution in [2.75, 3.05) is 0 Å². The summed E-state index contributed by atoms with van der Waals surface area (Å²) >= 11 is 0. The molecule has 0 saturated heterocycles. The molecule has 0 bridgehead atoms. The molecule has 0 aromatic rings. The lowest BCUT2D eigenvalue weighted by atomic mass is 9.82. The lowest BCUT2D eigenvalue weighted by molar-refractivity contribution is -0.399. The summed E-state index contributed by atoms with van der Waals surface area (Å²) < 4.78 is 0. The molecule has 4 nitrogen and oxygen atoms in total. The van der Waals surface area contributed by atoms with Crippen LogP contribution in [0.1, 0.15) is 34.1 Å². The fourth-order valence-corrected chi connectivity index (χ4v) is 1.63. The standard InChI is InChI=1S/C13H20O4/c1-5-13(17-16-12(2,3)4)9-7-6-8-10(13)11(14)15/h6-10H,5H2,1-4H3,(H,14,15). The van der Waals surface area contributed by atoms with Crippen LogP contribution in [0.15, 0.2) is 24.3 Å². The Morgan fingerprint density at radius 1 is 1.41 bits per heavy atom. The average Bonchev–Trinajstić information content (AvgIpc) is 2.25. The van der Waals surface area contributed by atoms with Crippen molar-refractivity contribution in [3.05, 3.63) is 24.3 Å². The van der Waals surface area contributed by atoms with E-state index >= 15 is 0 Å². The summed E-state index contributed by atoms with van der Waals surface area (Å²) in [6.45, 7) is 7.45. The summed E-state index contributed by atoms with van der Waals surface area (Å²) in [5, 5.41) is 9.21. The second-order valence-electron chi connectivity index (χ2n) is 5.15. The molecule has 0 aliphatic heterocycles. The number of aliphatic carboxylic acids is 1. The highest BCUT2D eigenvalue weighted by atomic mass is 17.2. The van der Waals surface area contributed by atoms with Gasteiger partial charge in [0.05, 0.1) is 5.60 Å². The predicted octanol–water partition coefficient (Wildman–Crippen LogP) is 2.71. The Labute approximate surface area is 102 Å². The fourth-order valence-electron chi connectivity index (χ4n) is 1.63. The van der Waals surface area contributed by atoms with E-state index in [1.807, 2.05) is 27.7 Å². The van der Waals surface area contributed by atoms with E-state index in [2.05, 4.69) is 0 Å². The molecule has 1 rings (SSSR count). The van der Waals surface area contributed by atoms with Crippen LogP contribution in [-0.4, -0.2) is 22.3 Å². The molecule has 0 fully saturated rings. The molecule has 2 unspecified atom stereocenters. The molecule has 1 N–H and O–H groups in total. The Bertz CT molecular complexity index is 338. The third kappa shape index (κ3) is 3.41. The van der Waals surface area contributed by atoms with E-state index in [1.165, 1.54) is 0 Å². The van der Waals surface area contributed by atoms with E-state index < -0.39 is 23.1 Å². The first kappa shape index (κ1) is 13.9. The van der Waals surface area contributed by atoms with Crippen LogP contribution in [0.5, 0.6) is 0 Å². The number of allylic oxidation sites excluding steroid dienone is 2. The van der Waals surface area contributed by atoms with Crippen LogP contribution in [0.3, 0.4) is 0 Å². The highest BCUT2D eigenvalue weighted by Gasteiger charge is 2.42. The highest BCUT2D eigenvalue weighted by Crippen LogP contribution is 2.33. The molecule has 0 spiro atoms. The van der Waals surface area contributed by atoms with Crippen LogP contribution in [0, 0.1) is 5.92 Å². The Kier molecular flexibility index (Phi) is 4.11. The van der Waals surface area contributed by atoms with Gasteiger partial charge in [-0.1, -0.05) is 25.2 Å². The second-order valence-corrected chi connectivity index (χ2v) is 5.15. The van der Waals surface area contributed by atoms with E-state index in [9.17, 15) is 9.90 Å². The summed E-state index contributed by atoms with van der Waals surface area (Å²) in [4.78, 5) is 22.0. The Balaban J connectivity index is 2.88. The average molecular weight is 240 g/mol. The van der Waals surface area contributed by atoms with Crippen LogP contribution < -0.4 is 0 Å². The van der Waals surface area contributed by atoms with Crippen LogP contribution in [0.2, 0.25) is 0 Å². The number of carboxylic acid groups (broad SMARTS) is 1. The number of hydrogen-bond acceptors (Lipinski definition) is 3. The lowest BCUT2D eigenvalue weighted by Gasteiger charge is -2.36. The number of rotatable bonds is 4. The van der Waals surface area contributed by atoms with E-state index in [1.54, 1.807) is 24.3 Å². The van der Waals surface area contributed by atoms with Crippen LogP contribution >= 0.6 is 0 Å². The molecular weight excluding hydrogens is 220 g/mol. The van der Waals surface area contributed by atoms with Crippen molar-refractivity contribution in [3.8, 4) is 0 Å². The first-order valence-electron chi connectivity index (χ1n) is 5.76. The maximum absolute atomic E-state index is 11.2. The molecule has 17 heavy (non-hydrogen) atoms. The second kappa shape index (κ2) is 5.02. The van der Waals surface area contributed by atoms with Crippen molar-refractivity contribution in [3.63, 3.8) is 0 Å². The molecule has 0 aromatic heterocycles. The van der Waals surface area contributed by atoms with Gasteiger partial charge < -0.3 is 5.11 Å². The molecular formula is C13H20O4. The van der Waals surface area contributed by atoms with E-state index in [4.69, 9.17) is 9.78 Å². The SMILES string of the molecule is CCC1(OOC(C)(C)C)C=CC=CC1C(=O)O. The van der Waals surface area contributed by atoms with Gasteiger partial charge in [0.1, 0.15) is 11.5 Å². The van der Waals surface area contributed by atoms with Crippen molar-refractivity contribution in [1.82, 2.24) is 0 Å². The van der Waals surface area contributed by atoms with Gasteiger partial charge in [0.15, 0.2) is 0 Å². The monoisotopic (exact) mass is 240 g/mol. The Hall–Kier alpha value is -1.13. The molecule has 0 saturated carbocycles. The van der Waals surface area contributed by atoms with E-state index in [-0.39, 0.29) is 0 Å². The third-order valence-electron chi connectivity index (χ3n) is 2.58. The summed E-state index contributed by atoms with van der Waals surface area (Å²) in [6.07, 6.45) is 7.40. The quantitative estimate of drug-likeness (QED) is 0.606. The molecule has 0 heterocycles. The number of hydrogen-bond donors (Lipinski definition) is 1. The number of carbonyl (C=O) groups is 1. The highest BCUT2D eigenvalue weighted by molar-refractivity contribution is 5.75. The largest absolute Gasteiger partial charge is 0.481 e. The minimum Gasteiger partial charge on any atom is -0.481 e. The molecule has 96 valence electrons. The van der Waals surface area contributed by atoms with Gasteiger partial charge in [-0.3, -0.25) is 4.79 Å². The molecule has 0 aromatic carbocycles. The molecule has 0 radical (unpaired) electrons. The van der Waals surface area contributed by atoms with Gasteiger partial charge in [0.25, 0.3) is 0 Å². The van der Waals surface area contributed by atoms with Gasteiger partial charge in [-0.25, -0.2) is 9.78 Å². The van der Waals surface area contributed by atoms with Crippen molar-refractivity contribution in [2.45, 2.75) is 45.3 Å². The zero-order chi connectivity index (χ0) is 13.1. The molecule has 4 heteroatoms. The first-order chi connectivity index (χ1) is 7.81. The maximum Gasteiger partial charge on any atom is 0.313 e. The zero-order valence-electron chi connectivity index (χ0n) is 10.8.